The number of carboxylic acids is 1. The van der Waals surface area contributed by atoms with Crippen LogP contribution in [0.4, 0.5) is 4.79 Å². The van der Waals surface area contributed by atoms with Crippen LogP contribution < -0.4 is 5.32 Å². The van der Waals surface area contributed by atoms with Crippen LogP contribution >= 0.6 is 12.6 Å². The fourth-order valence-corrected chi connectivity index (χ4v) is 0.623. The number of nitroso groups, excluding NO2 is 1. The van der Waals surface area contributed by atoms with Gasteiger partial charge in [0, 0.05) is 0 Å². The number of hydrogen-bond donors (Lipinski definition) is 3. The molecule has 0 aliphatic rings. The molecule has 0 aromatic carbocycles. The summed E-state index contributed by atoms with van der Waals surface area (Å²) in [6.45, 7) is -0.694. The number of amides is 1. The van der Waals surface area contributed by atoms with Crippen LogP contribution in [0.3, 0.4) is 0 Å². The molecule has 0 aromatic heterocycles. The number of nitrogens with one attached hydrogen (secondary N) is 1. The van der Waals surface area contributed by atoms with Gasteiger partial charge in [0.05, 0.1) is 7.11 Å². The van der Waals surface area contributed by atoms with E-state index in [1.54, 1.807) is 0 Å². The summed E-state index contributed by atoms with van der Waals surface area (Å²) in [5, 5.41) is 12.8. The van der Waals surface area contributed by atoms with Crippen LogP contribution in [0, 0.1) is 4.91 Å². The maximum atomic E-state index is 10.6. The average molecular weight is 208 g/mol. The van der Waals surface area contributed by atoms with Gasteiger partial charge < -0.3 is 9.84 Å². The molecule has 0 bridgehead atoms. The topological polar surface area (TPSA) is 105 Å². The van der Waals surface area contributed by atoms with E-state index in [4.69, 9.17) is 5.11 Å². The summed E-state index contributed by atoms with van der Waals surface area (Å²) in [6, 6.07) is 0. The van der Waals surface area contributed by atoms with Gasteiger partial charge in [-0.25, -0.2) is 9.59 Å². The van der Waals surface area contributed by atoms with Crippen LogP contribution in [0.2, 0.25) is 0 Å². The van der Waals surface area contributed by atoms with E-state index in [0.717, 1.165) is 7.11 Å². The van der Waals surface area contributed by atoms with Crippen molar-refractivity contribution in [3.8, 4) is 0 Å². The molecule has 0 saturated carbocycles. The Morgan fingerprint density at radius 2 is 2.23 bits per heavy atom. The molecule has 8 heteroatoms. The number of carboxylic acid groups (broad SMARTS) is 1. The van der Waals surface area contributed by atoms with E-state index in [-0.39, 0.29) is 0 Å². The van der Waals surface area contributed by atoms with Gasteiger partial charge in [-0.15, -0.1) is 12.6 Å². The Labute approximate surface area is 78.8 Å². The number of ether oxygens (including phenoxy) is 1. The van der Waals surface area contributed by atoms with Crippen LogP contribution in [-0.4, -0.2) is 35.7 Å². The van der Waals surface area contributed by atoms with E-state index in [2.05, 4.69) is 22.5 Å². The van der Waals surface area contributed by atoms with Crippen LogP contribution in [0.25, 0.3) is 0 Å². The van der Waals surface area contributed by atoms with E-state index >= 15 is 0 Å². The molecule has 0 fully saturated rings. The molecule has 0 radical (unpaired) electrons. The first-order valence-corrected chi connectivity index (χ1v) is 3.52. The summed E-state index contributed by atoms with van der Waals surface area (Å²) >= 11 is 3.58. The number of rotatable bonds is 4. The second-order valence-electron chi connectivity index (χ2n) is 2.07. The van der Waals surface area contributed by atoms with Crippen molar-refractivity contribution in [2.45, 2.75) is 4.87 Å². The van der Waals surface area contributed by atoms with E-state index in [1.807, 2.05) is 5.32 Å². The molecule has 74 valence electrons. The number of nitrogens with zero attached hydrogens (tertiary/aromatic N) is 1. The predicted octanol–water partition coefficient (Wildman–Crippen LogP) is -0.181. The number of hydrogen-bond acceptors (Lipinski definition) is 6. The van der Waals surface area contributed by atoms with Gasteiger partial charge in [-0.1, -0.05) is 5.18 Å². The Morgan fingerprint density at radius 1 is 1.69 bits per heavy atom. The fraction of sp³-hybridized carbons (Fsp3) is 0.600. The quantitative estimate of drug-likeness (QED) is 0.337. The molecule has 0 aliphatic heterocycles. The maximum absolute atomic E-state index is 10.6. The van der Waals surface area contributed by atoms with Crippen molar-refractivity contribution in [3.63, 3.8) is 0 Å². The molecule has 0 heterocycles. The first-order valence-electron chi connectivity index (χ1n) is 3.07. The third kappa shape index (κ3) is 3.28. The number of carbonyl (C=O) groups is 2. The lowest BCUT2D eigenvalue weighted by molar-refractivity contribution is -0.140. The van der Waals surface area contributed by atoms with Gasteiger partial charge in [-0.3, -0.25) is 5.32 Å². The summed E-state index contributed by atoms with van der Waals surface area (Å²) in [5.74, 6) is -1.49. The lowest BCUT2D eigenvalue weighted by Crippen LogP contribution is -2.52. The van der Waals surface area contributed by atoms with Crippen LogP contribution in [-0.2, 0) is 9.53 Å². The molecule has 1 atom stereocenters. The zero-order chi connectivity index (χ0) is 10.5. The molecule has 1 unspecified atom stereocenters. The first-order chi connectivity index (χ1) is 5.96. The van der Waals surface area contributed by atoms with Crippen LogP contribution in [0.1, 0.15) is 0 Å². The van der Waals surface area contributed by atoms with Gasteiger partial charge >= 0.3 is 12.1 Å². The highest BCUT2D eigenvalue weighted by Crippen LogP contribution is 2.11. The lowest BCUT2D eigenvalue weighted by atomic mass is 10.3. The van der Waals surface area contributed by atoms with Crippen molar-refractivity contribution in [1.29, 1.82) is 0 Å². The van der Waals surface area contributed by atoms with Gasteiger partial charge in [-0.05, 0) is 0 Å². The summed E-state index contributed by atoms with van der Waals surface area (Å²) in [5.41, 5.74) is 0. The third-order valence-electron chi connectivity index (χ3n) is 1.14. The highest BCUT2D eigenvalue weighted by Gasteiger charge is 2.37. The third-order valence-corrected chi connectivity index (χ3v) is 1.59. The summed E-state index contributed by atoms with van der Waals surface area (Å²) < 4.78 is 4.14. The normalized spacial score (nSPS) is 14.0. The van der Waals surface area contributed by atoms with Gasteiger partial charge in [0.25, 0.3) is 0 Å². The van der Waals surface area contributed by atoms with E-state index in [9.17, 15) is 14.5 Å². The summed E-state index contributed by atoms with van der Waals surface area (Å²) in [7, 11) is 1.06. The Bertz CT molecular complexity index is 233. The van der Waals surface area contributed by atoms with E-state index < -0.39 is 23.5 Å². The standard InChI is InChI=1S/C5H8N2O5S/c1-12-4(10)7-5(13,2-6-11)3(8)9/h13H,2H2,1H3,(H,7,10)(H,8,9). The molecule has 1 amide bonds. The second-order valence-corrected chi connectivity index (χ2v) is 2.83. The monoisotopic (exact) mass is 208 g/mol. The van der Waals surface area contributed by atoms with Crippen molar-refractivity contribution in [1.82, 2.24) is 5.32 Å². The van der Waals surface area contributed by atoms with Gasteiger partial charge in [0.2, 0.25) is 4.87 Å². The predicted molar refractivity (Wildman–Crippen MR) is 45.6 cm³/mol. The highest BCUT2D eigenvalue weighted by molar-refractivity contribution is 7.82. The van der Waals surface area contributed by atoms with Crippen molar-refractivity contribution in [2.75, 3.05) is 13.7 Å². The average Bonchev–Trinajstić information content (AvgIpc) is 2.04. The maximum Gasteiger partial charge on any atom is 0.408 e. The molecule has 0 aliphatic carbocycles. The van der Waals surface area contributed by atoms with Gasteiger partial charge in [0.1, 0.15) is 6.54 Å². The smallest absolute Gasteiger partial charge is 0.408 e. The van der Waals surface area contributed by atoms with E-state index in [0.29, 0.717) is 0 Å². The molecule has 2 N–H and O–H groups in total. The van der Waals surface area contributed by atoms with Crippen LogP contribution in [0.15, 0.2) is 5.18 Å². The molecule has 0 spiro atoms. The summed E-state index contributed by atoms with van der Waals surface area (Å²) in [4.78, 5) is 29.0. The number of thiol groups is 1. The molecule has 0 aromatic rings. The van der Waals surface area contributed by atoms with Crippen molar-refractivity contribution in [3.05, 3.63) is 4.91 Å². The minimum absolute atomic E-state index is 0.694. The number of alkyl carbamates (subject to hydrolysis) is 1. The minimum Gasteiger partial charge on any atom is -0.479 e. The van der Waals surface area contributed by atoms with Gasteiger partial charge in [-0.2, -0.15) is 4.91 Å². The SMILES string of the molecule is COC(=O)NC(S)(CN=O)C(=O)O. The first kappa shape index (κ1) is 11.7. The Kier molecular flexibility index (Phi) is 4.18. The zero-order valence-corrected chi connectivity index (χ0v) is 7.58. The molecule has 0 saturated heterocycles. The van der Waals surface area contributed by atoms with Gasteiger partial charge in [0.15, 0.2) is 0 Å². The second kappa shape index (κ2) is 4.65. The largest absolute Gasteiger partial charge is 0.479 e. The highest BCUT2D eigenvalue weighted by atomic mass is 32.1. The molecule has 0 rings (SSSR count). The number of aliphatic carboxylic acids is 1. The Balaban J connectivity index is 4.49. The molecule has 13 heavy (non-hydrogen) atoms. The Morgan fingerprint density at radius 3 is 2.54 bits per heavy atom. The summed E-state index contributed by atoms with van der Waals surface area (Å²) in [6.07, 6.45) is -0.999. The van der Waals surface area contributed by atoms with Crippen molar-refractivity contribution < 1.29 is 19.4 Å². The molecular weight excluding hydrogens is 200 g/mol. The molecular formula is C5H8N2O5S. The zero-order valence-electron chi connectivity index (χ0n) is 6.68. The van der Waals surface area contributed by atoms with Crippen molar-refractivity contribution in [2.24, 2.45) is 5.18 Å². The minimum atomic E-state index is -2.02. The van der Waals surface area contributed by atoms with Crippen LogP contribution in [0.5, 0.6) is 0 Å². The number of carbonyl (C=O) groups excluding carboxylic acids is 1. The Hall–Kier alpha value is -1.31. The molecule has 7 nitrogen and oxygen atoms in total. The lowest BCUT2D eigenvalue weighted by Gasteiger charge is -2.20. The van der Waals surface area contributed by atoms with E-state index in [1.165, 1.54) is 0 Å². The number of methoxy groups -OCH3 is 1. The van der Waals surface area contributed by atoms with Crippen molar-refractivity contribution >= 4 is 24.7 Å². The fourth-order valence-electron chi connectivity index (χ4n) is 0.474.